The van der Waals surface area contributed by atoms with Crippen LogP contribution in [0.2, 0.25) is 0 Å². The SMILES string of the molecule is C=C(C)CCC(=O)c1sccc1OC. The van der Waals surface area contributed by atoms with E-state index in [9.17, 15) is 4.79 Å². The minimum atomic E-state index is 0.139. The molecule has 0 aliphatic heterocycles. The predicted molar refractivity (Wildman–Crippen MR) is 59.2 cm³/mol. The van der Waals surface area contributed by atoms with E-state index in [0.29, 0.717) is 17.0 Å². The molecule has 0 spiro atoms. The predicted octanol–water partition coefficient (Wildman–Crippen LogP) is 3.30. The first-order valence-corrected chi connectivity index (χ1v) is 5.32. The fraction of sp³-hybridized carbons (Fsp3) is 0.364. The first-order valence-electron chi connectivity index (χ1n) is 4.44. The number of hydrogen-bond donors (Lipinski definition) is 0. The Hall–Kier alpha value is -1.09. The number of Topliss-reactive ketones (excluding diaryl/α,β-unsaturated/α-hetero) is 1. The van der Waals surface area contributed by atoms with Gasteiger partial charge in [-0.25, -0.2) is 0 Å². The highest BCUT2D eigenvalue weighted by Gasteiger charge is 2.12. The van der Waals surface area contributed by atoms with Gasteiger partial charge in [0, 0.05) is 6.42 Å². The summed E-state index contributed by atoms with van der Waals surface area (Å²) in [6, 6.07) is 1.82. The Morgan fingerprint density at radius 3 is 2.86 bits per heavy atom. The van der Waals surface area contributed by atoms with Gasteiger partial charge in [0.15, 0.2) is 5.78 Å². The molecule has 76 valence electrons. The maximum absolute atomic E-state index is 11.7. The van der Waals surface area contributed by atoms with Crippen molar-refractivity contribution in [1.82, 2.24) is 0 Å². The van der Waals surface area contributed by atoms with E-state index in [1.165, 1.54) is 11.3 Å². The molecule has 0 saturated carbocycles. The van der Waals surface area contributed by atoms with Crippen LogP contribution in [0.5, 0.6) is 5.75 Å². The summed E-state index contributed by atoms with van der Waals surface area (Å²) >= 11 is 1.43. The van der Waals surface area contributed by atoms with Crippen molar-refractivity contribution < 1.29 is 9.53 Å². The number of carbonyl (C=O) groups is 1. The van der Waals surface area contributed by atoms with Crippen molar-refractivity contribution in [3.63, 3.8) is 0 Å². The van der Waals surface area contributed by atoms with Crippen molar-refractivity contribution in [3.05, 3.63) is 28.5 Å². The molecule has 0 aromatic carbocycles. The van der Waals surface area contributed by atoms with Gasteiger partial charge in [-0.1, -0.05) is 5.57 Å². The number of ether oxygens (including phenoxy) is 1. The maximum atomic E-state index is 11.7. The molecule has 14 heavy (non-hydrogen) atoms. The molecule has 0 N–H and O–H groups in total. The Morgan fingerprint density at radius 1 is 1.57 bits per heavy atom. The molecule has 0 bridgehead atoms. The summed E-state index contributed by atoms with van der Waals surface area (Å²) in [7, 11) is 1.58. The number of rotatable bonds is 5. The zero-order valence-corrected chi connectivity index (χ0v) is 9.32. The van der Waals surface area contributed by atoms with E-state index >= 15 is 0 Å². The molecule has 0 fully saturated rings. The molecular formula is C11H14O2S. The highest BCUT2D eigenvalue weighted by atomic mass is 32.1. The second-order valence-corrected chi connectivity index (χ2v) is 4.11. The fourth-order valence-corrected chi connectivity index (χ4v) is 1.93. The van der Waals surface area contributed by atoms with Crippen LogP contribution in [0.1, 0.15) is 29.4 Å². The first-order chi connectivity index (χ1) is 6.65. The lowest BCUT2D eigenvalue weighted by atomic mass is 10.1. The van der Waals surface area contributed by atoms with Gasteiger partial charge in [0.25, 0.3) is 0 Å². The minimum Gasteiger partial charge on any atom is -0.495 e. The monoisotopic (exact) mass is 210 g/mol. The second-order valence-electron chi connectivity index (χ2n) is 3.20. The second kappa shape index (κ2) is 4.96. The van der Waals surface area contributed by atoms with E-state index in [0.717, 1.165) is 12.0 Å². The van der Waals surface area contributed by atoms with Gasteiger partial charge in [-0.2, -0.15) is 0 Å². The van der Waals surface area contributed by atoms with Gasteiger partial charge in [0.2, 0.25) is 0 Å². The van der Waals surface area contributed by atoms with Crippen LogP contribution in [-0.4, -0.2) is 12.9 Å². The van der Waals surface area contributed by atoms with Crippen LogP contribution < -0.4 is 4.74 Å². The van der Waals surface area contributed by atoms with E-state index in [4.69, 9.17) is 4.74 Å². The number of hydrogen-bond acceptors (Lipinski definition) is 3. The van der Waals surface area contributed by atoms with Crippen LogP contribution >= 0.6 is 11.3 Å². The number of thiophene rings is 1. The highest BCUT2D eigenvalue weighted by molar-refractivity contribution is 7.12. The summed E-state index contributed by atoms with van der Waals surface area (Å²) in [5, 5.41) is 1.87. The van der Waals surface area contributed by atoms with Gasteiger partial charge in [0.1, 0.15) is 10.6 Å². The molecule has 0 aliphatic carbocycles. The summed E-state index contributed by atoms with van der Waals surface area (Å²) in [4.78, 5) is 12.4. The van der Waals surface area contributed by atoms with Crippen LogP contribution in [-0.2, 0) is 0 Å². The summed E-state index contributed by atoms with van der Waals surface area (Å²) in [5.41, 5.74) is 1.04. The van der Waals surface area contributed by atoms with Gasteiger partial charge in [-0.3, -0.25) is 4.79 Å². The van der Waals surface area contributed by atoms with Gasteiger partial charge >= 0.3 is 0 Å². The fourth-order valence-electron chi connectivity index (χ4n) is 1.10. The average Bonchev–Trinajstić information content (AvgIpc) is 2.61. The first kappa shape index (κ1) is 11.0. The van der Waals surface area contributed by atoms with Crippen molar-refractivity contribution in [2.75, 3.05) is 7.11 Å². The van der Waals surface area contributed by atoms with Gasteiger partial charge < -0.3 is 4.74 Å². The van der Waals surface area contributed by atoms with Crippen LogP contribution in [0.15, 0.2) is 23.6 Å². The molecule has 0 unspecified atom stereocenters. The van der Waals surface area contributed by atoms with E-state index < -0.39 is 0 Å². The summed E-state index contributed by atoms with van der Waals surface area (Å²) in [6.45, 7) is 5.70. The van der Waals surface area contributed by atoms with E-state index in [1.54, 1.807) is 7.11 Å². The smallest absolute Gasteiger partial charge is 0.176 e. The van der Waals surface area contributed by atoms with Crippen molar-refractivity contribution >= 4 is 17.1 Å². The maximum Gasteiger partial charge on any atom is 0.176 e. The van der Waals surface area contributed by atoms with E-state index in [1.807, 2.05) is 18.4 Å². The van der Waals surface area contributed by atoms with Crippen LogP contribution in [0.25, 0.3) is 0 Å². The summed E-state index contributed by atoms with van der Waals surface area (Å²) in [5.74, 6) is 0.821. The third-order valence-corrected chi connectivity index (χ3v) is 2.82. The molecule has 1 rings (SSSR count). The number of carbonyl (C=O) groups excluding carboxylic acids is 1. The lowest BCUT2D eigenvalue weighted by Gasteiger charge is -2.01. The summed E-state index contributed by atoms with van der Waals surface area (Å²) in [6.07, 6.45) is 1.27. The molecule has 2 nitrogen and oxygen atoms in total. The molecule has 1 aromatic heterocycles. The number of ketones is 1. The average molecular weight is 210 g/mol. The van der Waals surface area contributed by atoms with Crippen molar-refractivity contribution in [3.8, 4) is 5.75 Å². The van der Waals surface area contributed by atoms with Crippen molar-refractivity contribution in [2.24, 2.45) is 0 Å². The van der Waals surface area contributed by atoms with Gasteiger partial charge in [-0.05, 0) is 24.8 Å². The quantitative estimate of drug-likeness (QED) is 0.550. The Labute approximate surface area is 88.2 Å². The molecule has 0 saturated heterocycles. The van der Waals surface area contributed by atoms with Crippen LogP contribution in [0, 0.1) is 0 Å². The topological polar surface area (TPSA) is 26.3 Å². The zero-order valence-electron chi connectivity index (χ0n) is 8.50. The van der Waals surface area contributed by atoms with Crippen LogP contribution in [0.4, 0.5) is 0 Å². The molecule has 0 atom stereocenters. The third-order valence-electron chi connectivity index (χ3n) is 1.88. The molecule has 1 aromatic rings. The Balaban J connectivity index is 2.64. The molecule has 3 heteroatoms. The Morgan fingerprint density at radius 2 is 2.29 bits per heavy atom. The lowest BCUT2D eigenvalue weighted by molar-refractivity contribution is 0.0984. The van der Waals surface area contributed by atoms with Crippen molar-refractivity contribution in [1.29, 1.82) is 0 Å². The van der Waals surface area contributed by atoms with Crippen molar-refractivity contribution in [2.45, 2.75) is 19.8 Å². The zero-order chi connectivity index (χ0) is 10.6. The normalized spacial score (nSPS) is 9.86. The highest BCUT2D eigenvalue weighted by Crippen LogP contribution is 2.26. The van der Waals surface area contributed by atoms with E-state index in [2.05, 4.69) is 6.58 Å². The molecule has 0 amide bonds. The van der Waals surface area contributed by atoms with Gasteiger partial charge in [-0.15, -0.1) is 17.9 Å². The number of methoxy groups -OCH3 is 1. The molecule has 0 aliphatic rings. The van der Waals surface area contributed by atoms with Gasteiger partial charge in [0.05, 0.1) is 7.11 Å². The minimum absolute atomic E-state index is 0.139. The summed E-state index contributed by atoms with van der Waals surface area (Å²) < 4.78 is 5.08. The number of allylic oxidation sites excluding steroid dienone is 1. The van der Waals surface area contributed by atoms with Crippen LogP contribution in [0.3, 0.4) is 0 Å². The Bertz CT molecular complexity index is 339. The molecule has 1 heterocycles. The molecule has 0 radical (unpaired) electrons. The molecular weight excluding hydrogens is 196 g/mol. The van der Waals surface area contributed by atoms with E-state index in [-0.39, 0.29) is 5.78 Å². The largest absolute Gasteiger partial charge is 0.495 e. The standard InChI is InChI=1S/C11H14O2S/c1-8(2)4-5-9(12)11-10(13-3)6-7-14-11/h6-7H,1,4-5H2,2-3H3. The lowest BCUT2D eigenvalue weighted by Crippen LogP contribution is -1.98. The third kappa shape index (κ3) is 2.70. The Kier molecular flexibility index (Phi) is 3.89.